The quantitative estimate of drug-likeness (QED) is 0.366. The highest BCUT2D eigenvalue weighted by atomic mass is 16.6. The molecule has 0 bridgehead atoms. The highest BCUT2D eigenvalue weighted by Crippen LogP contribution is 2.37. The lowest BCUT2D eigenvalue weighted by Gasteiger charge is -2.32. The topological polar surface area (TPSA) is 95.7 Å². The van der Waals surface area contributed by atoms with Crippen molar-refractivity contribution in [3.63, 3.8) is 0 Å². The summed E-state index contributed by atoms with van der Waals surface area (Å²) in [6, 6.07) is 6.01. The number of rotatable bonds is 4. The number of nitrogens with zero attached hydrogens (tertiary/aromatic N) is 1. The van der Waals surface area contributed by atoms with Gasteiger partial charge in [0.2, 0.25) is 0 Å². The number of hydrogen-bond donors (Lipinski definition) is 0. The number of hydrogen-bond acceptors (Lipinski definition) is 6. The molecule has 0 saturated carbocycles. The van der Waals surface area contributed by atoms with Gasteiger partial charge in [0.25, 0.3) is 5.69 Å². The van der Waals surface area contributed by atoms with Gasteiger partial charge in [-0.15, -0.1) is 0 Å². The smallest absolute Gasteiger partial charge is 0.313 e. The number of allylic oxidation sites excluding steroid dienone is 1. The Morgan fingerprint density at radius 1 is 1.26 bits per heavy atom. The van der Waals surface area contributed by atoms with E-state index in [1.807, 2.05) is 6.08 Å². The van der Waals surface area contributed by atoms with Crippen molar-refractivity contribution in [3.05, 3.63) is 52.1 Å². The minimum atomic E-state index is -0.714. The Hall–Kier alpha value is -2.70. The predicted molar refractivity (Wildman–Crippen MR) is 80.7 cm³/mol. The molecule has 3 atom stereocenters. The number of nitro benzene ring substituents is 1. The van der Waals surface area contributed by atoms with Gasteiger partial charge in [0.15, 0.2) is 0 Å². The standard InChI is InChI=1S/C16H17NO6/c1-10(18)23-14-5-3-4-13(15(14)16(19)22-2)11-6-8-12(9-7-11)17(20)21/h3,5-9,13-15H,4H2,1-2H3. The number of carbonyl (C=O) groups is 2. The third-order valence-electron chi connectivity index (χ3n) is 3.81. The molecule has 0 aliphatic heterocycles. The zero-order valence-electron chi connectivity index (χ0n) is 12.8. The second-order valence-electron chi connectivity index (χ2n) is 5.24. The maximum absolute atomic E-state index is 12.2. The summed E-state index contributed by atoms with van der Waals surface area (Å²) in [5.74, 6) is -1.94. The molecule has 1 aromatic carbocycles. The van der Waals surface area contributed by atoms with Gasteiger partial charge in [0, 0.05) is 25.0 Å². The van der Waals surface area contributed by atoms with Crippen LogP contribution in [0.1, 0.15) is 24.8 Å². The second-order valence-corrected chi connectivity index (χ2v) is 5.24. The average Bonchev–Trinajstić information content (AvgIpc) is 2.53. The van der Waals surface area contributed by atoms with E-state index in [2.05, 4.69) is 0 Å². The van der Waals surface area contributed by atoms with Crippen molar-refractivity contribution in [3.8, 4) is 0 Å². The molecule has 0 fully saturated rings. The van der Waals surface area contributed by atoms with Gasteiger partial charge < -0.3 is 9.47 Å². The van der Waals surface area contributed by atoms with E-state index in [4.69, 9.17) is 9.47 Å². The van der Waals surface area contributed by atoms with Gasteiger partial charge in [-0.05, 0) is 18.1 Å². The first kappa shape index (κ1) is 16.7. The molecular weight excluding hydrogens is 302 g/mol. The van der Waals surface area contributed by atoms with E-state index in [-0.39, 0.29) is 11.6 Å². The Labute approximate surface area is 133 Å². The Morgan fingerprint density at radius 3 is 2.43 bits per heavy atom. The molecule has 2 rings (SSSR count). The Morgan fingerprint density at radius 2 is 1.91 bits per heavy atom. The lowest BCUT2D eigenvalue weighted by atomic mass is 9.77. The summed E-state index contributed by atoms with van der Waals surface area (Å²) in [4.78, 5) is 33.7. The first-order valence-corrected chi connectivity index (χ1v) is 7.10. The fourth-order valence-corrected chi connectivity index (χ4v) is 2.78. The fraction of sp³-hybridized carbons (Fsp3) is 0.375. The Kier molecular flexibility index (Phi) is 5.10. The second kappa shape index (κ2) is 7.04. The van der Waals surface area contributed by atoms with E-state index in [0.717, 1.165) is 5.56 Å². The third-order valence-corrected chi connectivity index (χ3v) is 3.81. The number of methoxy groups -OCH3 is 1. The monoisotopic (exact) mass is 319 g/mol. The van der Waals surface area contributed by atoms with Gasteiger partial charge in [0.1, 0.15) is 12.0 Å². The summed E-state index contributed by atoms with van der Waals surface area (Å²) in [7, 11) is 1.28. The zero-order valence-corrected chi connectivity index (χ0v) is 12.8. The number of benzene rings is 1. The first-order chi connectivity index (χ1) is 10.9. The molecule has 1 aliphatic rings. The molecule has 23 heavy (non-hydrogen) atoms. The Bertz CT molecular complexity index is 636. The number of esters is 2. The highest BCUT2D eigenvalue weighted by Gasteiger charge is 2.39. The lowest BCUT2D eigenvalue weighted by Crippen LogP contribution is -2.38. The molecule has 7 nitrogen and oxygen atoms in total. The largest absolute Gasteiger partial charge is 0.469 e. The normalized spacial score (nSPS) is 23.1. The fourth-order valence-electron chi connectivity index (χ4n) is 2.78. The van der Waals surface area contributed by atoms with Crippen LogP contribution in [0.2, 0.25) is 0 Å². The summed E-state index contributed by atoms with van der Waals surface area (Å²) in [5.41, 5.74) is 0.735. The number of nitro groups is 1. The van der Waals surface area contributed by atoms with E-state index in [1.54, 1.807) is 18.2 Å². The van der Waals surface area contributed by atoms with Gasteiger partial charge in [0.05, 0.1) is 12.0 Å². The minimum Gasteiger partial charge on any atom is -0.469 e. The molecular formula is C16H17NO6. The third kappa shape index (κ3) is 3.74. The summed E-state index contributed by atoms with van der Waals surface area (Å²) >= 11 is 0. The van der Waals surface area contributed by atoms with Crippen LogP contribution in [0, 0.1) is 16.0 Å². The molecule has 0 radical (unpaired) electrons. The molecule has 1 aliphatic carbocycles. The van der Waals surface area contributed by atoms with Crippen molar-refractivity contribution < 1.29 is 24.0 Å². The van der Waals surface area contributed by atoms with Crippen LogP contribution in [0.15, 0.2) is 36.4 Å². The molecule has 1 aromatic rings. The van der Waals surface area contributed by atoms with Crippen molar-refractivity contribution in [2.24, 2.45) is 5.92 Å². The number of ether oxygens (including phenoxy) is 2. The van der Waals surface area contributed by atoms with E-state index in [0.29, 0.717) is 6.42 Å². The molecule has 0 spiro atoms. The summed E-state index contributed by atoms with van der Waals surface area (Å²) in [6.07, 6.45) is 3.34. The van der Waals surface area contributed by atoms with Crippen molar-refractivity contribution in [2.45, 2.75) is 25.4 Å². The van der Waals surface area contributed by atoms with Crippen molar-refractivity contribution in [1.82, 2.24) is 0 Å². The van der Waals surface area contributed by atoms with Gasteiger partial charge in [-0.3, -0.25) is 19.7 Å². The molecule has 0 saturated heterocycles. The molecule has 0 heterocycles. The SMILES string of the molecule is COC(=O)C1C(OC(C)=O)C=CCC1c1ccc([N+](=O)[O-])cc1. The minimum absolute atomic E-state index is 0.0220. The van der Waals surface area contributed by atoms with Crippen molar-refractivity contribution >= 4 is 17.6 Å². The molecule has 3 unspecified atom stereocenters. The van der Waals surface area contributed by atoms with Crippen LogP contribution in [0.25, 0.3) is 0 Å². The number of non-ortho nitro benzene ring substituents is 1. The lowest BCUT2D eigenvalue weighted by molar-refractivity contribution is -0.384. The average molecular weight is 319 g/mol. The van der Waals surface area contributed by atoms with E-state index < -0.39 is 28.9 Å². The van der Waals surface area contributed by atoms with Crippen LogP contribution in [0.3, 0.4) is 0 Å². The van der Waals surface area contributed by atoms with E-state index in [1.165, 1.54) is 26.2 Å². The van der Waals surface area contributed by atoms with E-state index >= 15 is 0 Å². The van der Waals surface area contributed by atoms with Crippen LogP contribution in [0.4, 0.5) is 5.69 Å². The molecule has 7 heteroatoms. The maximum atomic E-state index is 12.2. The molecule has 0 amide bonds. The predicted octanol–water partition coefficient (Wildman–Crippen LogP) is 2.36. The van der Waals surface area contributed by atoms with E-state index in [9.17, 15) is 19.7 Å². The first-order valence-electron chi connectivity index (χ1n) is 7.10. The maximum Gasteiger partial charge on any atom is 0.313 e. The summed E-state index contributed by atoms with van der Waals surface area (Å²) in [5, 5.41) is 10.7. The van der Waals surface area contributed by atoms with Crippen LogP contribution >= 0.6 is 0 Å². The summed E-state index contributed by atoms with van der Waals surface area (Å²) in [6.45, 7) is 1.28. The van der Waals surface area contributed by atoms with Crippen molar-refractivity contribution in [2.75, 3.05) is 7.11 Å². The highest BCUT2D eigenvalue weighted by molar-refractivity contribution is 5.76. The summed E-state index contributed by atoms with van der Waals surface area (Å²) < 4.78 is 10.0. The molecule has 0 aromatic heterocycles. The van der Waals surface area contributed by atoms with Crippen LogP contribution in [-0.4, -0.2) is 30.1 Å². The number of carbonyl (C=O) groups excluding carboxylic acids is 2. The van der Waals surface area contributed by atoms with Gasteiger partial charge in [-0.1, -0.05) is 18.2 Å². The van der Waals surface area contributed by atoms with Gasteiger partial charge in [-0.2, -0.15) is 0 Å². The molecule has 0 N–H and O–H groups in total. The van der Waals surface area contributed by atoms with Gasteiger partial charge >= 0.3 is 11.9 Å². The zero-order chi connectivity index (χ0) is 17.0. The van der Waals surface area contributed by atoms with Gasteiger partial charge in [-0.25, -0.2) is 0 Å². The van der Waals surface area contributed by atoms with Crippen LogP contribution in [0.5, 0.6) is 0 Å². The Balaban J connectivity index is 2.34. The van der Waals surface area contributed by atoms with Crippen LogP contribution < -0.4 is 0 Å². The van der Waals surface area contributed by atoms with Crippen LogP contribution in [-0.2, 0) is 19.1 Å². The van der Waals surface area contributed by atoms with Crippen molar-refractivity contribution in [1.29, 1.82) is 0 Å². The molecule has 122 valence electrons.